The molecule has 7 heteroatoms. The van der Waals surface area contributed by atoms with Crippen molar-refractivity contribution >= 4 is 0 Å². The molecular weight excluding hydrogens is 214 g/mol. The highest BCUT2D eigenvalue weighted by Crippen LogP contribution is 2.28. The molecule has 1 aliphatic rings. The Morgan fingerprint density at radius 2 is 0.786 bits per heavy atom. The molecule has 1 rings (SSSR count). The van der Waals surface area contributed by atoms with Crippen molar-refractivity contribution in [3.8, 4) is 0 Å². The van der Waals surface area contributed by atoms with E-state index in [1.165, 1.54) is 32.1 Å². The van der Waals surface area contributed by atoms with E-state index in [-0.39, 0.29) is 0 Å². The molecule has 0 aromatic rings. The van der Waals surface area contributed by atoms with Crippen LogP contribution in [-0.4, -0.2) is 12.7 Å². The Morgan fingerprint density at radius 3 is 0.857 bits per heavy atom. The van der Waals surface area contributed by atoms with Crippen molar-refractivity contribution in [2.45, 2.75) is 44.8 Å². The van der Waals surface area contributed by atoms with Gasteiger partial charge in [-0.25, -0.2) is 0 Å². The summed E-state index contributed by atoms with van der Waals surface area (Å²) < 4.78 is 65.3. The van der Waals surface area contributed by atoms with E-state index in [9.17, 15) is 26.3 Å². The van der Waals surface area contributed by atoms with Gasteiger partial charge in [-0.05, 0) is 0 Å². The molecule has 0 N–H and O–H groups in total. The third kappa shape index (κ3) is 11.5. The monoisotopic (exact) mass is 224 g/mol. The Morgan fingerprint density at radius 1 is 0.571 bits per heavy atom. The Kier molecular flexibility index (Phi) is 5.25. The first-order valence-electron chi connectivity index (χ1n) is 4.04. The van der Waals surface area contributed by atoms with Gasteiger partial charge in [0.2, 0.25) is 0 Å². The third-order valence-corrected chi connectivity index (χ3v) is 1.48. The molecule has 0 bridgehead atoms. The molecule has 0 aromatic heterocycles. The average molecular weight is 224 g/mol. The summed E-state index contributed by atoms with van der Waals surface area (Å²) >= 11 is 0. The van der Waals surface area contributed by atoms with E-state index in [0.717, 1.165) is 0 Å². The van der Waals surface area contributed by atoms with Crippen LogP contribution in [0.5, 0.6) is 0 Å². The maximum atomic E-state index is 10.6. The lowest BCUT2D eigenvalue weighted by atomic mass is 10.4. The Balaban J connectivity index is 0.000000280. The summed E-state index contributed by atoms with van der Waals surface area (Å²) in [5.74, 6) is 0. The molecule has 0 saturated heterocycles. The van der Waals surface area contributed by atoms with Gasteiger partial charge in [0.05, 0.1) is 0 Å². The fourth-order valence-corrected chi connectivity index (χ4v) is 1.02. The quantitative estimate of drug-likeness (QED) is 0.565. The minimum Gasteiger partial charge on any atom is -0.196 e. The van der Waals surface area contributed by atoms with Gasteiger partial charge in [-0.3, -0.25) is 0 Å². The number of ether oxygens (including phenoxy) is 1. The molecule has 1 aliphatic carbocycles. The first kappa shape index (κ1) is 13.5. The first-order chi connectivity index (χ1) is 6.21. The molecule has 0 spiro atoms. The van der Waals surface area contributed by atoms with Crippen LogP contribution in [0.3, 0.4) is 0 Å². The minimum atomic E-state index is -5.64. The number of halogens is 6. The van der Waals surface area contributed by atoms with Gasteiger partial charge in [0.15, 0.2) is 0 Å². The van der Waals surface area contributed by atoms with Crippen molar-refractivity contribution < 1.29 is 31.1 Å². The lowest BCUT2D eigenvalue weighted by Gasteiger charge is -2.08. The predicted octanol–water partition coefficient (Wildman–Crippen LogP) is 3.99. The lowest BCUT2D eigenvalue weighted by molar-refractivity contribution is -0.463. The topological polar surface area (TPSA) is 9.23 Å². The summed E-state index contributed by atoms with van der Waals surface area (Å²) in [4.78, 5) is 0. The lowest BCUT2D eigenvalue weighted by Crippen LogP contribution is -2.25. The standard InChI is InChI=1S/C5H10.C2F6O/c1-2-4-5-3-1;3-1(4,5)9-2(6,7)8/h1-5H2;. The minimum absolute atomic E-state index is 1.50. The van der Waals surface area contributed by atoms with Gasteiger partial charge in [-0.2, -0.15) is 4.74 Å². The smallest absolute Gasteiger partial charge is 0.196 e. The molecule has 0 unspecified atom stereocenters. The molecule has 0 heterocycles. The molecule has 0 radical (unpaired) electrons. The zero-order chi connectivity index (χ0) is 11.2. The highest BCUT2D eigenvalue weighted by Gasteiger charge is 2.45. The molecule has 0 amide bonds. The molecule has 1 nitrogen and oxygen atoms in total. The zero-order valence-corrected chi connectivity index (χ0v) is 7.21. The molecule has 0 atom stereocenters. The summed E-state index contributed by atoms with van der Waals surface area (Å²) in [6.45, 7) is 0. The summed E-state index contributed by atoms with van der Waals surface area (Å²) in [6.07, 6.45) is -3.78. The predicted molar refractivity (Wildman–Crippen MR) is 36.3 cm³/mol. The third-order valence-electron chi connectivity index (χ3n) is 1.48. The second kappa shape index (κ2) is 5.43. The van der Waals surface area contributed by atoms with Crippen LogP contribution in [0.2, 0.25) is 0 Å². The number of hydrogen-bond acceptors (Lipinski definition) is 1. The van der Waals surface area contributed by atoms with E-state index in [0.29, 0.717) is 0 Å². The van der Waals surface area contributed by atoms with Crippen LogP contribution >= 0.6 is 0 Å². The van der Waals surface area contributed by atoms with Crippen LogP contribution in [0.25, 0.3) is 0 Å². The highest BCUT2D eigenvalue weighted by atomic mass is 19.4. The summed E-state index contributed by atoms with van der Waals surface area (Å²) in [5, 5.41) is 0. The van der Waals surface area contributed by atoms with E-state index in [1.54, 1.807) is 4.74 Å². The van der Waals surface area contributed by atoms with E-state index in [1.807, 2.05) is 0 Å². The Hall–Kier alpha value is -0.460. The zero-order valence-electron chi connectivity index (χ0n) is 7.21. The van der Waals surface area contributed by atoms with Gasteiger partial charge in [-0.15, -0.1) is 26.3 Å². The van der Waals surface area contributed by atoms with Gasteiger partial charge in [-0.1, -0.05) is 32.1 Å². The summed E-state index contributed by atoms with van der Waals surface area (Å²) in [7, 11) is 0. The van der Waals surface area contributed by atoms with Crippen molar-refractivity contribution in [1.82, 2.24) is 0 Å². The van der Waals surface area contributed by atoms with Crippen LogP contribution in [0.15, 0.2) is 0 Å². The number of rotatable bonds is 0. The van der Waals surface area contributed by atoms with Crippen LogP contribution in [0.4, 0.5) is 26.3 Å². The fraction of sp³-hybridized carbons (Fsp3) is 1.00. The van der Waals surface area contributed by atoms with Gasteiger partial charge in [0.25, 0.3) is 0 Å². The van der Waals surface area contributed by atoms with Crippen molar-refractivity contribution in [3.05, 3.63) is 0 Å². The molecule has 14 heavy (non-hydrogen) atoms. The van der Waals surface area contributed by atoms with Crippen LogP contribution in [0, 0.1) is 0 Å². The van der Waals surface area contributed by atoms with Gasteiger partial charge >= 0.3 is 12.7 Å². The second-order valence-corrected chi connectivity index (χ2v) is 2.76. The Labute approximate surface area is 77.0 Å². The van der Waals surface area contributed by atoms with Crippen LogP contribution in [0.1, 0.15) is 32.1 Å². The van der Waals surface area contributed by atoms with E-state index in [4.69, 9.17) is 0 Å². The summed E-state index contributed by atoms with van der Waals surface area (Å²) in [5.41, 5.74) is 0. The van der Waals surface area contributed by atoms with Gasteiger partial charge < -0.3 is 0 Å². The van der Waals surface area contributed by atoms with E-state index in [2.05, 4.69) is 0 Å². The fourth-order valence-electron chi connectivity index (χ4n) is 1.02. The van der Waals surface area contributed by atoms with Crippen LogP contribution in [-0.2, 0) is 4.74 Å². The first-order valence-corrected chi connectivity index (χ1v) is 4.04. The maximum Gasteiger partial charge on any atom is 0.529 e. The highest BCUT2D eigenvalue weighted by molar-refractivity contribution is 4.51. The summed E-state index contributed by atoms with van der Waals surface area (Å²) in [6, 6.07) is 0. The number of hydrogen-bond donors (Lipinski definition) is 0. The normalized spacial score (nSPS) is 17.6. The van der Waals surface area contributed by atoms with Crippen molar-refractivity contribution in [2.24, 2.45) is 0 Å². The molecule has 86 valence electrons. The average Bonchev–Trinajstić information content (AvgIpc) is 2.29. The molecule has 1 saturated carbocycles. The molecule has 0 aromatic carbocycles. The van der Waals surface area contributed by atoms with Crippen molar-refractivity contribution in [2.75, 3.05) is 0 Å². The van der Waals surface area contributed by atoms with Crippen LogP contribution < -0.4 is 0 Å². The Bertz CT molecular complexity index is 126. The molecular formula is C7H10F6O. The van der Waals surface area contributed by atoms with Crippen molar-refractivity contribution in [1.29, 1.82) is 0 Å². The second-order valence-electron chi connectivity index (χ2n) is 2.76. The van der Waals surface area contributed by atoms with Crippen molar-refractivity contribution in [3.63, 3.8) is 0 Å². The number of alkyl halides is 6. The molecule has 1 fully saturated rings. The molecule has 0 aliphatic heterocycles. The largest absolute Gasteiger partial charge is 0.529 e. The van der Waals surface area contributed by atoms with E-state index >= 15 is 0 Å². The van der Waals surface area contributed by atoms with Gasteiger partial charge in [0.1, 0.15) is 0 Å². The van der Waals surface area contributed by atoms with E-state index < -0.39 is 12.7 Å². The van der Waals surface area contributed by atoms with Gasteiger partial charge in [0, 0.05) is 0 Å². The maximum absolute atomic E-state index is 10.6. The SMILES string of the molecule is C1CCCC1.FC(F)(F)OC(F)(F)F.